The van der Waals surface area contributed by atoms with E-state index in [1.165, 1.54) is 6.42 Å². The molecule has 5 heteroatoms. The second kappa shape index (κ2) is 6.19. The van der Waals surface area contributed by atoms with Crippen molar-refractivity contribution in [2.24, 2.45) is 0 Å². The van der Waals surface area contributed by atoms with E-state index in [0.29, 0.717) is 6.04 Å². The molecule has 0 aliphatic carbocycles. The van der Waals surface area contributed by atoms with E-state index in [-0.39, 0.29) is 12.5 Å². The molecule has 1 saturated heterocycles. The standard InChI is InChI=1S/C14H23N3O2/c1-11(2)17-10-12(9-15-17)13(8-14(18)19)16-6-4-3-5-7-16/h9-11,13H,3-8H2,1-2H3,(H,18,19). The lowest BCUT2D eigenvalue weighted by Gasteiger charge is -2.33. The molecule has 1 aliphatic rings. The first-order valence-corrected chi connectivity index (χ1v) is 7.08. The molecule has 1 fully saturated rings. The summed E-state index contributed by atoms with van der Waals surface area (Å²) in [5.74, 6) is -0.743. The van der Waals surface area contributed by atoms with Gasteiger partial charge in [-0.15, -0.1) is 0 Å². The molecule has 1 atom stereocenters. The van der Waals surface area contributed by atoms with E-state index in [1.807, 2.05) is 17.1 Å². The second-order valence-electron chi connectivity index (χ2n) is 5.56. The third kappa shape index (κ3) is 3.56. The molecular weight excluding hydrogens is 242 g/mol. The molecule has 2 rings (SSSR count). The number of carboxylic acid groups (broad SMARTS) is 1. The van der Waals surface area contributed by atoms with Gasteiger partial charge in [-0.3, -0.25) is 14.4 Å². The van der Waals surface area contributed by atoms with Gasteiger partial charge in [0.1, 0.15) is 0 Å². The molecule has 1 aliphatic heterocycles. The van der Waals surface area contributed by atoms with Crippen molar-refractivity contribution in [2.45, 2.75) is 51.6 Å². The average Bonchev–Trinajstić information content (AvgIpc) is 2.86. The number of carbonyl (C=O) groups is 1. The van der Waals surface area contributed by atoms with Gasteiger partial charge in [-0.05, 0) is 39.8 Å². The maximum atomic E-state index is 11.1. The highest BCUT2D eigenvalue weighted by Gasteiger charge is 2.25. The van der Waals surface area contributed by atoms with Crippen LogP contribution in [0.5, 0.6) is 0 Å². The Morgan fingerprint density at radius 2 is 2.05 bits per heavy atom. The third-order valence-corrected chi connectivity index (χ3v) is 3.73. The van der Waals surface area contributed by atoms with Crippen molar-refractivity contribution in [3.05, 3.63) is 18.0 Å². The first-order chi connectivity index (χ1) is 9.08. The SMILES string of the molecule is CC(C)n1cc(C(CC(=O)O)N2CCCCC2)cn1. The molecule has 0 radical (unpaired) electrons. The Balaban J connectivity index is 2.17. The van der Waals surface area contributed by atoms with Crippen LogP contribution in [0, 0.1) is 0 Å². The minimum atomic E-state index is -0.743. The molecule has 5 nitrogen and oxygen atoms in total. The quantitative estimate of drug-likeness (QED) is 0.888. The highest BCUT2D eigenvalue weighted by atomic mass is 16.4. The van der Waals surface area contributed by atoms with Crippen molar-refractivity contribution in [3.63, 3.8) is 0 Å². The molecule has 0 spiro atoms. The molecule has 0 amide bonds. The zero-order valence-corrected chi connectivity index (χ0v) is 11.7. The Morgan fingerprint density at radius 1 is 1.37 bits per heavy atom. The molecule has 1 aromatic heterocycles. The first kappa shape index (κ1) is 14.1. The number of hydrogen-bond acceptors (Lipinski definition) is 3. The predicted molar refractivity (Wildman–Crippen MR) is 73.0 cm³/mol. The van der Waals surface area contributed by atoms with Gasteiger partial charge in [0.25, 0.3) is 0 Å². The number of nitrogens with zero attached hydrogens (tertiary/aromatic N) is 3. The summed E-state index contributed by atoms with van der Waals surface area (Å²) in [6, 6.07) is 0.269. The minimum absolute atomic E-state index is 0.0368. The van der Waals surface area contributed by atoms with E-state index in [2.05, 4.69) is 23.8 Å². The van der Waals surface area contributed by atoms with Crippen LogP contribution in [-0.2, 0) is 4.79 Å². The van der Waals surface area contributed by atoms with Crippen LogP contribution in [0.15, 0.2) is 12.4 Å². The van der Waals surface area contributed by atoms with E-state index in [0.717, 1.165) is 31.5 Å². The summed E-state index contributed by atoms with van der Waals surface area (Å²) >= 11 is 0. The first-order valence-electron chi connectivity index (χ1n) is 7.08. The van der Waals surface area contributed by atoms with E-state index in [1.54, 1.807) is 0 Å². The van der Waals surface area contributed by atoms with Crippen molar-refractivity contribution >= 4 is 5.97 Å². The Bertz CT molecular complexity index is 422. The van der Waals surface area contributed by atoms with Crippen molar-refractivity contribution in [2.75, 3.05) is 13.1 Å². The van der Waals surface area contributed by atoms with Gasteiger partial charge in [-0.2, -0.15) is 5.10 Å². The Morgan fingerprint density at radius 3 is 2.58 bits per heavy atom. The largest absolute Gasteiger partial charge is 0.481 e. The maximum Gasteiger partial charge on any atom is 0.305 e. The number of aliphatic carboxylic acids is 1. The van der Waals surface area contributed by atoms with Crippen LogP contribution < -0.4 is 0 Å². The summed E-state index contributed by atoms with van der Waals surface area (Å²) in [5.41, 5.74) is 1.03. The maximum absolute atomic E-state index is 11.1. The lowest BCUT2D eigenvalue weighted by Crippen LogP contribution is -2.34. The van der Waals surface area contributed by atoms with Gasteiger partial charge < -0.3 is 5.11 Å². The van der Waals surface area contributed by atoms with Gasteiger partial charge in [0.15, 0.2) is 0 Å². The normalized spacial score (nSPS) is 18.7. The number of carboxylic acids is 1. The molecular formula is C14H23N3O2. The van der Waals surface area contributed by atoms with Crippen molar-refractivity contribution in [1.82, 2.24) is 14.7 Å². The molecule has 1 N–H and O–H groups in total. The van der Waals surface area contributed by atoms with E-state index >= 15 is 0 Å². The van der Waals surface area contributed by atoms with Gasteiger partial charge in [0.05, 0.1) is 12.6 Å². The van der Waals surface area contributed by atoms with Crippen LogP contribution >= 0.6 is 0 Å². The fraction of sp³-hybridized carbons (Fsp3) is 0.714. The molecule has 2 heterocycles. The number of piperidine rings is 1. The van der Waals surface area contributed by atoms with Gasteiger partial charge in [0, 0.05) is 23.8 Å². The zero-order valence-electron chi connectivity index (χ0n) is 11.7. The van der Waals surface area contributed by atoms with Crippen LogP contribution in [-0.4, -0.2) is 38.8 Å². The van der Waals surface area contributed by atoms with Crippen molar-refractivity contribution in [3.8, 4) is 0 Å². The molecule has 0 aromatic carbocycles. The number of rotatable bonds is 5. The molecule has 19 heavy (non-hydrogen) atoms. The molecule has 1 aromatic rings. The fourth-order valence-electron chi connectivity index (χ4n) is 2.66. The van der Waals surface area contributed by atoms with E-state index in [4.69, 9.17) is 5.11 Å². The zero-order chi connectivity index (χ0) is 13.8. The third-order valence-electron chi connectivity index (χ3n) is 3.73. The lowest BCUT2D eigenvalue weighted by atomic mass is 10.0. The molecule has 0 saturated carbocycles. The number of likely N-dealkylation sites (tertiary alicyclic amines) is 1. The summed E-state index contributed by atoms with van der Waals surface area (Å²) in [5, 5.41) is 13.5. The predicted octanol–water partition coefficient (Wildman–Crippen LogP) is 2.47. The molecule has 0 bridgehead atoms. The Labute approximate surface area is 114 Å². The highest BCUT2D eigenvalue weighted by Crippen LogP contribution is 2.27. The van der Waals surface area contributed by atoms with Gasteiger partial charge in [-0.25, -0.2) is 0 Å². The van der Waals surface area contributed by atoms with Gasteiger partial charge in [-0.1, -0.05) is 6.42 Å². The Hall–Kier alpha value is -1.36. The average molecular weight is 265 g/mol. The summed E-state index contributed by atoms with van der Waals surface area (Å²) in [6.45, 7) is 6.13. The Kier molecular flexibility index (Phi) is 4.58. The number of hydrogen-bond donors (Lipinski definition) is 1. The molecule has 1 unspecified atom stereocenters. The van der Waals surface area contributed by atoms with Crippen LogP contribution in [0.4, 0.5) is 0 Å². The second-order valence-corrected chi connectivity index (χ2v) is 5.56. The van der Waals surface area contributed by atoms with Crippen molar-refractivity contribution in [1.29, 1.82) is 0 Å². The summed E-state index contributed by atoms with van der Waals surface area (Å²) < 4.78 is 1.90. The fourth-order valence-corrected chi connectivity index (χ4v) is 2.66. The van der Waals surface area contributed by atoms with Crippen molar-refractivity contribution < 1.29 is 9.90 Å². The van der Waals surface area contributed by atoms with Gasteiger partial charge >= 0.3 is 5.97 Å². The monoisotopic (exact) mass is 265 g/mol. The smallest absolute Gasteiger partial charge is 0.305 e. The lowest BCUT2D eigenvalue weighted by molar-refractivity contribution is -0.138. The van der Waals surface area contributed by atoms with Crippen LogP contribution in [0.1, 0.15) is 57.2 Å². The summed E-state index contributed by atoms with van der Waals surface area (Å²) in [6.07, 6.45) is 7.54. The highest BCUT2D eigenvalue weighted by molar-refractivity contribution is 5.67. The summed E-state index contributed by atoms with van der Waals surface area (Å²) in [4.78, 5) is 13.4. The minimum Gasteiger partial charge on any atom is -0.481 e. The van der Waals surface area contributed by atoms with E-state index < -0.39 is 5.97 Å². The van der Waals surface area contributed by atoms with Crippen LogP contribution in [0.3, 0.4) is 0 Å². The van der Waals surface area contributed by atoms with Crippen LogP contribution in [0.25, 0.3) is 0 Å². The van der Waals surface area contributed by atoms with Gasteiger partial charge in [0.2, 0.25) is 0 Å². The molecule has 106 valence electrons. The topological polar surface area (TPSA) is 58.4 Å². The van der Waals surface area contributed by atoms with Crippen LogP contribution in [0.2, 0.25) is 0 Å². The summed E-state index contributed by atoms with van der Waals surface area (Å²) in [7, 11) is 0. The number of aromatic nitrogens is 2. The van der Waals surface area contributed by atoms with E-state index in [9.17, 15) is 4.79 Å².